The topological polar surface area (TPSA) is 91.7 Å². The minimum Gasteiger partial charge on any atom is -0.512 e. The van der Waals surface area contributed by atoms with Gasteiger partial charge in [0.15, 0.2) is 5.78 Å². The van der Waals surface area contributed by atoms with E-state index in [1.165, 1.54) is 6.07 Å². The van der Waals surface area contributed by atoms with Crippen LogP contribution in [0.4, 0.5) is 0 Å². The Morgan fingerprint density at radius 3 is 2.03 bits per heavy atom. The van der Waals surface area contributed by atoms with Crippen LogP contribution in [-0.4, -0.2) is 27.6 Å². The molecule has 5 nitrogen and oxygen atoms in total. The maximum absolute atomic E-state index is 13.3. The van der Waals surface area contributed by atoms with Crippen molar-refractivity contribution in [2.45, 2.75) is 59.3 Å². The van der Waals surface area contributed by atoms with Crippen LogP contribution >= 0.6 is 0 Å². The summed E-state index contributed by atoms with van der Waals surface area (Å²) in [7, 11) is 0. The molecule has 0 heterocycles. The summed E-state index contributed by atoms with van der Waals surface area (Å²) in [6.45, 7) is 7.58. The van der Waals surface area contributed by atoms with Gasteiger partial charge in [0.2, 0.25) is 0 Å². The monoisotopic (exact) mass is 434 g/mol. The third kappa shape index (κ3) is 3.85. The van der Waals surface area contributed by atoms with E-state index in [9.17, 15) is 24.6 Å². The van der Waals surface area contributed by atoms with E-state index in [0.717, 1.165) is 5.39 Å². The van der Waals surface area contributed by atoms with E-state index in [0.29, 0.717) is 10.9 Å². The Morgan fingerprint density at radius 1 is 0.812 bits per heavy atom. The Bertz CT molecular complexity index is 1150. The molecule has 0 saturated heterocycles. The number of aliphatic hydroxyl groups excluding tert-OH is 1. The number of hydrogen-bond acceptors (Lipinski definition) is 5. The summed E-state index contributed by atoms with van der Waals surface area (Å²) in [5.41, 5.74) is -0.407. The van der Waals surface area contributed by atoms with Gasteiger partial charge >= 0.3 is 0 Å². The van der Waals surface area contributed by atoms with Crippen molar-refractivity contribution >= 4 is 28.1 Å². The highest BCUT2D eigenvalue weighted by molar-refractivity contribution is 6.10. The highest BCUT2D eigenvalue weighted by Crippen LogP contribution is 2.50. The number of ketones is 3. The van der Waals surface area contributed by atoms with Crippen LogP contribution in [0.15, 0.2) is 47.7 Å². The SMILES string of the molecule is CC1(C)CC(=O)C(C(C2=C(O)CC(C)(C)CC2=O)c2c(O)ccc3ccccc23)C(=O)C1. The molecule has 2 aromatic rings. The Hall–Kier alpha value is -2.95. The number of carbonyl (C=O) groups is 3. The summed E-state index contributed by atoms with van der Waals surface area (Å²) in [5.74, 6) is -3.07. The molecule has 0 radical (unpaired) electrons. The molecule has 0 bridgehead atoms. The first kappa shape index (κ1) is 22.3. The summed E-state index contributed by atoms with van der Waals surface area (Å²) >= 11 is 0. The number of carbonyl (C=O) groups excluding carboxylic acids is 3. The van der Waals surface area contributed by atoms with Crippen molar-refractivity contribution in [3.05, 3.63) is 53.3 Å². The number of aromatic hydroxyl groups is 1. The lowest BCUT2D eigenvalue weighted by Gasteiger charge is -2.39. The number of phenolic OH excluding ortho intramolecular Hbond substituents is 1. The molecule has 1 unspecified atom stereocenters. The van der Waals surface area contributed by atoms with Crippen LogP contribution < -0.4 is 0 Å². The zero-order valence-electron chi connectivity index (χ0n) is 19.1. The van der Waals surface area contributed by atoms with Crippen molar-refractivity contribution in [1.82, 2.24) is 0 Å². The lowest BCUT2D eigenvalue weighted by molar-refractivity contribution is -0.140. The van der Waals surface area contributed by atoms with Gasteiger partial charge in [-0.15, -0.1) is 0 Å². The van der Waals surface area contributed by atoms with E-state index >= 15 is 0 Å². The predicted octanol–water partition coefficient (Wildman–Crippen LogP) is 5.40. The normalized spacial score (nSPS) is 22.4. The molecule has 32 heavy (non-hydrogen) atoms. The number of hydrogen-bond donors (Lipinski definition) is 2. The van der Waals surface area contributed by atoms with E-state index in [-0.39, 0.29) is 60.1 Å². The smallest absolute Gasteiger partial charge is 0.163 e. The van der Waals surface area contributed by atoms with Crippen LogP contribution in [0.25, 0.3) is 10.8 Å². The van der Waals surface area contributed by atoms with Crippen molar-refractivity contribution in [1.29, 1.82) is 0 Å². The summed E-state index contributed by atoms with van der Waals surface area (Å²) in [4.78, 5) is 40.0. The van der Waals surface area contributed by atoms with Crippen LogP contribution in [-0.2, 0) is 14.4 Å². The first-order valence-corrected chi connectivity index (χ1v) is 11.1. The average Bonchev–Trinajstić information content (AvgIpc) is 2.64. The first-order chi connectivity index (χ1) is 14.9. The van der Waals surface area contributed by atoms with Gasteiger partial charge in [-0.05, 0) is 27.7 Å². The molecule has 1 saturated carbocycles. The van der Waals surface area contributed by atoms with Crippen LogP contribution in [0, 0.1) is 16.7 Å². The summed E-state index contributed by atoms with van der Waals surface area (Å²) in [5, 5.41) is 23.5. The summed E-state index contributed by atoms with van der Waals surface area (Å²) in [6, 6.07) is 10.7. The number of aliphatic hydroxyl groups is 1. The summed E-state index contributed by atoms with van der Waals surface area (Å²) in [6.07, 6.45) is 0.893. The molecule has 5 heteroatoms. The number of fused-ring (bicyclic) bond motifs is 1. The second-order valence-corrected chi connectivity index (χ2v) is 10.9. The molecule has 0 amide bonds. The number of benzene rings is 2. The molecule has 0 aromatic heterocycles. The molecule has 1 atom stereocenters. The van der Waals surface area contributed by atoms with Crippen molar-refractivity contribution < 1.29 is 24.6 Å². The van der Waals surface area contributed by atoms with E-state index in [4.69, 9.17) is 0 Å². The van der Waals surface area contributed by atoms with E-state index in [1.807, 2.05) is 52.0 Å². The van der Waals surface area contributed by atoms with Crippen LogP contribution in [0.1, 0.15) is 64.9 Å². The van der Waals surface area contributed by atoms with Gasteiger partial charge < -0.3 is 10.2 Å². The molecular weight excluding hydrogens is 404 g/mol. The van der Waals surface area contributed by atoms with E-state index in [2.05, 4.69) is 0 Å². The molecule has 2 N–H and O–H groups in total. The zero-order valence-corrected chi connectivity index (χ0v) is 19.1. The fourth-order valence-electron chi connectivity index (χ4n) is 5.52. The van der Waals surface area contributed by atoms with Gasteiger partial charge in [-0.3, -0.25) is 14.4 Å². The Kier molecular flexibility index (Phi) is 5.27. The highest BCUT2D eigenvalue weighted by atomic mass is 16.3. The van der Waals surface area contributed by atoms with E-state index < -0.39 is 22.7 Å². The molecular formula is C27H30O5. The second-order valence-electron chi connectivity index (χ2n) is 10.9. The minimum absolute atomic E-state index is 0.0860. The van der Waals surface area contributed by atoms with E-state index in [1.54, 1.807) is 6.07 Å². The van der Waals surface area contributed by atoms with Crippen molar-refractivity contribution in [2.75, 3.05) is 0 Å². The Labute approximate surface area is 188 Å². The fourth-order valence-corrected chi connectivity index (χ4v) is 5.52. The largest absolute Gasteiger partial charge is 0.512 e. The highest BCUT2D eigenvalue weighted by Gasteiger charge is 2.49. The molecule has 4 rings (SSSR count). The van der Waals surface area contributed by atoms with Gasteiger partial charge in [-0.1, -0.05) is 58.0 Å². The van der Waals surface area contributed by atoms with Gasteiger partial charge in [-0.2, -0.15) is 0 Å². The van der Waals surface area contributed by atoms with Crippen molar-refractivity contribution in [2.24, 2.45) is 16.7 Å². The molecule has 168 valence electrons. The molecule has 2 aliphatic carbocycles. The molecule has 0 aliphatic heterocycles. The first-order valence-electron chi connectivity index (χ1n) is 11.1. The van der Waals surface area contributed by atoms with Crippen molar-refractivity contribution in [3.8, 4) is 5.75 Å². The number of rotatable bonds is 3. The maximum Gasteiger partial charge on any atom is 0.163 e. The molecule has 1 fully saturated rings. The number of allylic oxidation sites excluding steroid dienone is 2. The standard InChI is InChI=1S/C27H30O5/c1-26(2)11-18(29)23(19(30)12-26)25(24-20(31)13-27(3,4)14-21(24)32)22-16-8-6-5-7-15(16)9-10-17(22)28/h5-10,23,25,28,31H,11-14H2,1-4H3. The van der Waals surface area contributed by atoms with Crippen LogP contribution in [0.5, 0.6) is 5.75 Å². The van der Waals surface area contributed by atoms with Gasteiger partial charge in [0.25, 0.3) is 0 Å². The lowest BCUT2D eigenvalue weighted by atomic mass is 9.62. The predicted molar refractivity (Wildman–Crippen MR) is 123 cm³/mol. The van der Waals surface area contributed by atoms with Crippen LogP contribution in [0.2, 0.25) is 0 Å². The third-order valence-corrected chi connectivity index (χ3v) is 6.80. The van der Waals surface area contributed by atoms with Crippen molar-refractivity contribution in [3.63, 3.8) is 0 Å². The Morgan fingerprint density at radius 2 is 1.41 bits per heavy atom. The summed E-state index contributed by atoms with van der Waals surface area (Å²) < 4.78 is 0. The quantitative estimate of drug-likeness (QED) is 0.631. The van der Waals surface area contributed by atoms with Gasteiger partial charge in [0.05, 0.1) is 5.92 Å². The fraction of sp³-hybridized carbons (Fsp3) is 0.444. The molecule has 2 aliphatic rings. The molecule has 2 aromatic carbocycles. The van der Waals surface area contributed by atoms with Gasteiger partial charge in [0.1, 0.15) is 23.1 Å². The number of phenols is 1. The van der Waals surface area contributed by atoms with Gasteiger partial charge in [-0.25, -0.2) is 0 Å². The Balaban J connectivity index is 2.00. The average molecular weight is 435 g/mol. The maximum atomic E-state index is 13.3. The van der Waals surface area contributed by atoms with Crippen LogP contribution in [0.3, 0.4) is 0 Å². The van der Waals surface area contributed by atoms with Gasteiger partial charge in [0, 0.05) is 42.7 Å². The lowest BCUT2D eigenvalue weighted by Crippen LogP contribution is -2.43. The third-order valence-electron chi connectivity index (χ3n) is 6.80. The number of Topliss-reactive ketones (excluding diaryl/α,β-unsaturated/α-hetero) is 3. The minimum atomic E-state index is -1.11. The second kappa shape index (κ2) is 7.58. The zero-order chi connectivity index (χ0) is 23.4. The molecule has 0 spiro atoms.